The minimum Gasteiger partial charge on any atom is -0.486 e. The van der Waals surface area contributed by atoms with Crippen molar-refractivity contribution in [2.75, 3.05) is 23.3 Å². The average Bonchev–Trinajstić information content (AvgIpc) is 3.12. The Morgan fingerprint density at radius 3 is 2.40 bits per heavy atom. The van der Waals surface area contributed by atoms with Crippen LogP contribution in [0, 0.1) is 13.8 Å². The number of aryl methyl sites for hydroxylation is 3. The zero-order valence-electron chi connectivity index (χ0n) is 19.3. The molecule has 1 aliphatic rings. The molecule has 180 valence electrons. The molecule has 2 N–H and O–H groups in total. The van der Waals surface area contributed by atoms with Crippen molar-refractivity contribution in [1.29, 1.82) is 0 Å². The number of carbonyl (C=O) groups excluding carboxylic acids is 1. The predicted molar refractivity (Wildman–Crippen MR) is 131 cm³/mol. The maximum atomic E-state index is 13.0. The fourth-order valence-electron chi connectivity index (χ4n) is 3.97. The lowest BCUT2D eigenvalue weighted by Gasteiger charge is -2.19. The molecule has 1 aliphatic heterocycles. The lowest BCUT2D eigenvalue weighted by Crippen LogP contribution is -2.17. The number of nitrogens with zero attached hydrogens (tertiary/aromatic N) is 3. The summed E-state index contributed by atoms with van der Waals surface area (Å²) in [4.78, 5) is 17.6. The van der Waals surface area contributed by atoms with Gasteiger partial charge in [-0.05, 0) is 56.3 Å². The molecule has 0 saturated carbocycles. The van der Waals surface area contributed by atoms with Crippen LogP contribution in [0.2, 0.25) is 0 Å². The van der Waals surface area contributed by atoms with Gasteiger partial charge in [-0.3, -0.25) is 14.2 Å². The van der Waals surface area contributed by atoms with E-state index in [2.05, 4.69) is 20.1 Å². The molecule has 0 radical (unpaired) electrons. The molecule has 0 bridgehead atoms. The highest BCUT2D eigenvalue weighted by Gasteiger charge is 2.20. The fraction of sp³-hybridized carbons (Fsp3) is 0.208. The van der Waals surface area contributed by atoms with Crippen molar-refractivity contribution in [2.45, 2.75) is 18.7 Å². The van der Waals surface area contributed by atoms with Crippen LogP contribution in [0.15, 0.2) is 53.4 Å². The van der Waals surface area contributed by atoms with Gasteiger partial charge in [-0.1, -0.05) is 0 Å². The topological polar surface area (TPSA) is 124 Å². The average molecular weight is 494 g/mol. The van der Waals surface area contributed by atoms with E-state index in [1.54, 1.807) is 48.1 Å². The Bertz CT molecular complexity index is 1560. The molecule has 0 unspecified atom stereocenters. The van der Waals surface area contributed by atoms with Gasteiger partial charge in [0, 0.05) is 30.2 Å². The number of rotatable bonds is 5. The van der Waals surface area contributed by atoms with Crippen molar-refractivity contribution >= 4 is 38.3 Å². The van der Waals surface area contributed by atoms with Crippen LogP contribution < -0.4 is 19.5 Å². The standard InChI is InChI=1S/C24H23N5O5S/c1-14-12-19(22-15(2)27-29(3)23(22)25-14)24(30)26-16-4-6-17(7-5-16)28-35(31,32)18-8-9-20-21(13-18)34-11-10-33-20/h4-9,12-13,28H,10-11H2,1-3H3,(H,26,30). The van der Waals surface area contributed by atoms with E-state index < -0.39 is 10.0 Å². The summed E-state index contributed by atoms with van der Waals surface area (Å²) in [5.41, 5.74) is 3.39. The van der Waals surface area contributed by atoms with E-state index in [-0.39, 0.29) is 10.8 Å². The third kappa shape index (κ3) is 4.37. The quantitative estimate of drug-likeness (QED) is 0.437. The first-order valence-electron chi connectivity index (χ1n) is 10.9. The molecule has 0 saturated heterocycles. The van der Waals surface area contributed by atoms with Crippen molar-refractivity contribution in [2.24, 2.45) is 7.05 Å². The van der Waals surface area contributed by atoms with Gasteiger partial charge in [0.2, 0.25) is 0 Å². The minimum atomic E-state index is -3.85. The number of hydrogen-bond donors (Lipinski definition) is 2. The van der Waals surface area contributed by atoms with Crippen molar-refractivity contribution in [3.8, 4) is 11.5 Å². The first kappa shape index (κ1) is 22.7. The lowest BCUT2D eigenvalue weighted by molar-refractivity contribution is 0.102. The summed E-state index contributed by atoms with van der Waals surface area (Å²) in [5, 5.41) is 7.92. The molecule has 35 heavy (non-hydrogen) atoms. The van der Waals surface area contributed by atoms with Crippen LogP contribution in [0.1, 0.15) is 21.7 Å². The molecule has 5 rings (SSSR count). The number of pyridine rings is 1. The van der Waals surface area contributed by atoms with Gasteiger partial charge in [-0.15, -0.1) is 0 Å². The number of ether oxygens (including phenoxy) is 2. The second-order valence-electron chi connectivity index (χ2n) is 8.16. The Hall–Kier alpha value is -4.12. The first-order chi connectivity index (χ1) is 16.7. The molecule has 4 aromatic rings. The SMILES string of the molecule is Cc1cc(C(=O)Nc2ccc(NS(=O)(=O)c3ccc4c(c3)OCCO4)cc2)c2c(C)nn(C)c2n1. The molecule has 0 spiro atoms. The summed E-state index contributed by atoms with van der Waals surface area (Å²) < 4.78 is 40.8. The number of amides is 1. The number of carbonyl (C=O) groups is 1. The highest BCUT2D eigenvalue weighted by Crippen LogP contribution is 2.33. The van der Waals surface area contributed by atoms with Crippen molar-refractivity contribution < 1.29 is 22.7 Å². The highest BCUT2D eigenvalue weighted by molar-refractivity contribution is 7.92. The second-order valence-corrected chi connectivity index (χ2v) is 9.84. The molecule has 0 fully saturated rings. The summed E-state index contributed by atoms with van der Waals surface area (Å²) in [7, 11) is -2.06. The summed E-state index contributed by atoms with van der Waals surface area (Å²) in [5.74, 6) is 0.598. The second kappa shape index (κ2) is 8.58. The molecule has 3 heterocycles. The number of benzene rings is 2. The Labute approximate surface area is 201 Å². The highest BCUT2D eigenvalue weighted by atomic mass is 32.2. The van der Waals surface area contributed by atoms with Gasteiger partial charge in [0.25, 0.3) is 15.9 Å². The molecule has 1 amide bonds. The summed E-state index contributed by atoms with van der Waals surface area (Å²) in [6.07, 6.45) is 0. The summed E-state index contributed by atoms with van der Waals surface area (Å²) in [6.45, 7) is 4.44. The predicted octanol–water partition coefficient (Wildman–Crippen LogP) is 3.41. The lowest BCUT2D eigenvalue weighted by atomic mass is 10.1. The normalized spacial score (nSPS) is 13.0. The van der Waals surface area contributed by atoms with Gasteiger partial charge in [-0.2, -0.15) is 5.10 Å². The van der Waals surface area contributed by atoms with Crippen LogP contribution in [0.3, 0.4) is 0 Å². The Kier molecular flexibility index (Phi) is 5.56. The number of anilines is 2. The number of fused-ring (bicyclic) bond motifs is 2. The van der Waals surface area contributed by atoms with Crippen LogP contribution in [0.4, 0.5) is 11.4 Å². The Morgan fingerprint density at radius 1 is 0.971 bits per heavy atom. The third-order valence-electron chi connectivity index (χ3n) is 5.56. The van der Waals surface area contributed by atoms with Crippen molar-refractivity contribution in [3.05, 3.63) is 65.5 Å². The van der Waals surface area contributed by atoms with Crippen LogP contribution in [-0.4, -0.2) is 42.3 Å². The van der Waals surface area contributed by atoms with Gasteiger partial charge >= 0.3 is 0 Å². The van der Waals surface area contributed by atoms with Crippen LogP contribution in [0.25, 0.3) is 11.0 Å². The molecule has 11 heteroatoms. The van der Waals surface area contributed by atoms with E-state index in [1.165, 1.54) is 12.1 Å². The van der Waals surface area contributed by atoms with E-state index >= 15 is 0 Å². The van der Waals surface area contributed by atoms with Gasteiger partial charge < -0.3 is 14.8 Å². The minimum absolute atomic E-state index is 0.0584. The van der Waals surface area contributed by atoms with Crippen molar-refractivity contribution in [3.63, 3.8) is 0 Å². The van der Waals surface area contributed by atoms with E-state index in [1.807, 2.05) is 13.8 Å². The fourth-order valence-corrected chi connectivity index (χ4v) is 5.05. The molecular weight excluding hydrogens is 470 g/mol. The smallest absolute Gasteiger partial charge is 0.262 e. The molecule has 0 aliphatic carbocycles. The van der Waals surface area contributed by atoms with Gasteiger partial charge in [0.1, 0.15) is 13.2 Å². The number of nitrogens with one attached hydrogen (secondary N) is 2. The molecule has 10 nitrogen and oxygen atoms in total. The van der Waals surface area contributed by atoms with E-state index in [9.17, 15) is 13.2 Å². The number of aromatic nitrogens is 3. The van der Waals surface area contributed by atoms with Crippen LogP contribution in [-0.2, 0) is 17.1 Å². The number of hydrogen-bond acceptors (Lipinski definition) is 7. The zero-order valence-corrected chi connectivity index (χ0v) is 20.1. The Morgan fingerprint density at radius 2 is 1.66 bits per heavy atom. The third-order valence-corrected chi connectivity index (χ3v) is 6.94. The maximum absolute atomic E-state index is 13.0. The van der Waals surface area contributed by atoms with Gasteiger partial charge in [0.05, 0.1) is 21.5 Å². The first-order valence-corrected chi connectivity index (χ1v) is 12.3. The molecule has 2 aromatic carbocycles. The van der Waals surface area contributed by atoms with Gasteiger partial charge in [-0.25, -0.2) is 13.4 Å². The van der Waals surface area contributed by atoms with E-state index in [0.717, 1.165) is 0 Å². The van der Waals surface area contributed by atoms with Crippen LogP contribution in [0.5, 0.6) is 11.5 Å². The monoisotopic (exact) mass is 493 g/mol. The van der Waals surface area contributed by atoms with Crippen LogP contribution >= 0.6 is 0 Å². The van der Waals surface area contributed by atoms with Crippen molar-refractivity contribution in [1.82, 2.24) is 14.8 Å². The maximum Gasteiger partial charge on any atom is 0.262 e. The molecular formula is C24H23N5O5S. The largest absolute Gasteiger partial charge is 0.486 e. The molecule has 2 aromatic heterocycles. The molecule has 0 atom stereocenters. The Balaban J connectivity index is 1.33. The summed E-state index contributed by atoms with van der Waals surface area (Å²) >= 11 is 0. The number of sulfonamides is 1. The van der Waals surface area contributed by atoms with E-state index in [0.29, 0.717) is 64.1 Å². The van der Waals surface area contributed by atoms with Gasteiger partial charge in [0.15, 0.2) is 17.1 Å². The summed E-state index contributed by atoms with van der Waals surface area (Å²) in [6, 6.07) is 12.6. The zero-order chi connectivity index (χ0) is 24.7. The van der Waals surface area contributed by atoms with E-state index in [4.69, 9.17) is 9.47 Å².